The van der Waals surface area contributed by atoms with Gasteiger partial charge in [-0.05, 0) is 30.4 Å². The molecule has 1 aliphatic heterocycles. The molecule has 2 fully saturated rings. The summed E-state index contributed by atoms with van der Waals surface area (Å²) in [5.74, 6) is 1.64. The van der Waals surface area contributed by atoms with Gasteiger partial charge in [-0.3, -0.25) is 14.5 Å². The van der Waals surface area contributed by atoms with Crippen LogP contribution >= 0.6 is 0 Å². The zero-order valence-corrected chi connectivity index (χ0v) is 17.9. The van der Waals surface area contributed by atoms with Gasteiger partial charge in [0.15, 0.2) is 0 Å². The van der Waals surface area contributed by atoms with Crippen LogP contribution in [0.15, 0.2) is 24.3 Å². The third kappa shape index (κ3) is 5.95. The van der Waals surface area contributed by atoms with Crippen LogP contribution in [-0.4, -0.2) is 68.0 Å². The number of ether oxygens (including phenoxy) is 1. The fourth-order valence-electron chi connectivity index (χ4n) is 4.51. The molecule has 0 radical (unpaired) electrons. The maximum atomic E-state index is 12.5. The summed E-state index contributed by atoms with van der Waals surface area (Å²) in [6.07, 6.45) is 4.98. The maximum Gasteiger partial charge on any atom is 0.225 e. The molecule has 0 bridgehead atoms. The van der Waals surface area contributed by atoms with Crippen LogP contribution in [0.25, 0.3) is 0 Å². The minimum absolute atomic E-state index is 0.0680. The van der Waals surface area contributed by atoms with Crippen molar-refractivity contribution in [3.05, 3.63) is 29.8 Å². The predicted molar refractivity (Wildman–Crippen MR) is 114 cm³/mol. The second-order valence-corrected chi connectivity index (χ2v) is 8.35. The van der Waals surface area contributed by atoms with Gasteiger partial charge in [-0.25, -0.2) is 0 Å². The van der Waals surface area contributed by atoms with E-state index in [1.165, 1.54) is 12.8 Å². The van der Waals surface area contributed by atoms with E-state index in [2.05, 4.69) is 17.1 Å². The lowest BCUT2D eigenvalue weighted by Gasteiger charge is -2.36. The third-order valence-electron chi connectivity index (χ3n) is 6.30. The first kappa shape index (κ1) is 21.6. The molecule has 2 aliphatic rings. The number of hydrogen-bond acceptors (Lipinski definition) is 4. The molecule has 2 amide bonds. The molecule has 0 aromatic heterocycles. The Kier molecular flexibility index (Phi) is 7.92. The lowest BCUT2D eigenvalue weighted by molar-refractivity contribution is -0.137. The van der Waals surface area contributed by atoms with E-state index in [1.54, 1.807) is 7.11 Å². The van der Waals surface area contributed by atoms with Crippen LogP contribution in [0.5, 0.6) is 5.75 Å². The van der Waals surface area contributed by atoms with Gasteiger partial charge in [-0.1, -0.05) is 38.0 Å². The van der Waals surface area contributed by atoms with Gasteiger partial charge in [0.1, 0.15) is 5.75 Å². The van der Waals surface area contributed by atoms with Crippen molar-refractivity contribution in [2.75, 3.05) is 46.4 Å². The van der Waals surface area contributed by atoms with Gasteiger partial charge in [0, 0.05) is 51.6 Å². The number of amides is 2. The molecule has 160 valence electrons. The number of nitrogens with one attached hydrogen (secondary N) is 1. The average molecular weight is 402 g/mol. The summed E-state index contributed by atoms with van der Waals surface area (Å²) in [5, 5.41) is 3.04. The van der Waals surface area contributed by atoms with Crippen molar-refractivity contribution in [3.63, 3.8) is 0 Å². The normalized spacial score (nSPS) is 19.2. The summed E-state index contributed by atoms with van der Waals surface area (Å²) in [6.45, 7) is 6.95. The van der Waals surface area contributed by atoms with Crippen LogP contribution < -0.4 is 10.1 Å². The molecular weight excluding hydrogens is 366 g/mol. The number of methoxy groups -OCH3 is 1. The molecule has 29 heavy (non-hydrogen) atoms. The lowest BCUT2D eigenvalue weighted by atomic mass is 9.96. The molecule has 1 atom stereocenters. The molecule has 1 saturated heterocycles. The largest absolute Gasteiger partial charge is 0.496 e. The molecule has 6 nitrogen and oxygen atoms in total. The number of nitrogens with zero attached hydrogens (tertiary/aromatic N) is 2. The van der Waals surface area contributed by atoms with E-state index < -0.39 is 0 Å². The Morgan fingerprint density at radius 3 is 2.52 bits per heavy atom. The highest BCUT2D eigenvalue weighted by Gasteiger charge is 2.29. The molecule has 1 unspecified atom stereocenters. The predicted octanol–water partition coefficient (Wildman–Crippen LogP) is 2.64. The number of carbonyl (C=O) groups is 2. The topological polar surface area (TPSA) is 61.9 Å². The molecule has 1 aliphatic carbocycles. The van der Waals surface area contributed by atoms with E-state index in [-0.39, 0.29) is 17.7 Å². The number of piperazine rings is 1. The Labute approximate surface area is 174 Å². The van der Waals surface area contributed by atoms with E-state index in [4.69, 9.17) is 4.74 Å². The van der Waals surface area contributed by atoms with Crippen molar-refractivity contribution in [1.29, 1.82) is 0 Å². The fourth-order valence-corrected chi connectivity index (χ4v) is 4.51. The molecule has 3 rings (SSSR count). The van der Waals surface area contributed by atoms with Gasteiger partial charge < -0.3 is 15.0 Å². The van der Waals surface area contributed by atoms with Crippen molar-refractivity contribution in [3.8, 4) is 5.75 Å². The Hall–Kier alpha value is -2.08. The van der Waals surface area contributed by atoms with Crippen molar-refractivity contribution in [2.45, 2.75) is 44.9 Å². The van der Waals surface area contributed by atoms with Gasteiger partial charge in [-0.15, -0.1) is 0 Å². The first-order chi connectivity index (χ1) is 14.1. The third-order valence-corrected chi connectivity index (χ3v) is 6.30. The fraction of sp³-hybridized carbons (Fsp3) is 0.652. The Morgan fingerprint density at radius 1 is 1.14 bits per heavy atom. The Morgan fingerprint density at radius 2 is 1.83 bits per heavy atom. The van der Waals surface area contributed by atoms with E-state index in [0.29, 0.717) is 18.9 Å². The van der Waals surface area contributed by atoms with Gasteiger partial charge in [0.05, 0.1) is 7.11 Å². The average Bonchev–Trinajstić information content (AvgIpc) is 3.28. The Bertz CT molecular complexity index is 680. The smallest absolute Gasteiger partial charge is 0.225 e. The first-order valence-corrected chi connectivity index (χ1v) is 11.0. The molecule has 1 aromatic carbocycles. The highest BCUT2D eigenvalue weighted by atomic mass is 16.5. The summed E-state index contributed by atoms with van der Waals surface area (Å²) in [6, 6.07) is 7.86. The van der Waals surface area contributed by atoms with Crippen molar-refractivity contribution < 1.29 is 14.3 Å². The standard InChI is InChI=1S/C23H35N3O3/c1-18(20-9-5-6-10-21(20)29-2)17-22(27)24-11-12-25-13-15-26(16-14-25)23(28)19-7-3-4-8-19/h5-6,9-10,18-19H,3-4,7-8,11-17H2,1-2H3,(H,24,27). The summed E-state index contributed by atoms with van der Waals surface area (Å²) in [7, 11) is 1.66. The molecule has 1 N–H and O–H groups in total. The van der Waals surface area contributed by atoms with Crippen LogP contribution in [0.2, 0.25) is 0 Å². The minimum atomic E-state index is 0.0680. The molecular formula is C23H35N3O3. The first-order valence-electron chi connectivity index (χ1n) is 11.0. The highest BCUT2D eigenvalue weighted by Crippen LogP contribution is 2.28. The quantitative estimate of drug-likeness (QED) is 0.727. The molecule has 1 heterocycles. The minimum Gasteiger partial charge on any atom is -0.496 e. The van der Waals surface area contributed by atoms with E-state index in [0.717, 1.165) is 56.9 Å². The number of hydrogen-bond donors (Lipinski definition) is 1. The van der Waals surface area contributed by atoms with Crippen LogP contribution in [0, 0.1) is 5.92 Å². The van der Waals surface area contributed by atoms with Gasteiger partial charge in [0.25, 0.3) is 0 Å². The van der Waals surface area contributed by atoms with Crippen LogP contribution in [0.1, 0.15) is 50.5 Å². The summed E-state index contributed by atoms with van der Waals surface area (Å²) >= 11 is 0. The summed E-state index contributed by atoms with van der Waals surface area (Å²) in [4.78, 5) is 29.2. The lowest BCUT2D eigenvalue weighted by Crippen LogP contribution is -2.51. The monoisotopic (exact) mass is 401 g/mol. The number of carbonyl (C=O) groups excluding carboxylic acids is 2. The SMILES string of the molecule is COc1ccccc1C(C)CC(=O)NCCN1CCN(C(=O)C2CCCC2)CC1. The van der Waals surface area contributed by atoms with E-state index >= 15 is 0 Å². The van der Waals surface area contributed by atoms with E-state index in [1.807, 2.05) is 29.2 Å². The molecule has 1 aromatic rings. The number of para-hydroxylation sites is 1. The maximum absolute atomic E-state index is 12.5. The summed E-state index contributed by atoms with van der Waals surface area (Å²) in [5.41, 5.74) is 1.06. The van der Waals surface area contributed by atoms with Crippen molar-refractivity contribution in [2.24, 2.45) is 5.92 Å². The molecule has 0 spiro atoms. The van der Waals surface area contributed by atoms with Crippen molar-refractivity contribution >= 4 is 11.8 Å². The second-order valence-electron chi connectivity index (χ2n) is 8.35. The number of rotatable bonds is 8. The Balaban J connectivity index is 1.34. The van der Waals surface area contributed by atoms with E-state index in [9.17, 15) is 9.59 Å². The molecule has 6 heteroatoms. The van der Waals surface area contributed by atoms with Crippen LogP contribution in [-0.2, 0) is 9.59 Å². The highest BCUT2D eigenvalue weighted by molar-refractivity contribution is 5.79. The van der Waals surface area contributed by atoms with Crippen molar-refractivity contribution in [1.82, 2.24) is 15.1 Å². The summed E-state index contributed by atoms with van der Waals surface area (Å²) < 4.78 is 5.40. The van der Waals surface area contributed by atoms with Crippen LogP contribution in [0.4, 0.5) is 0 Å². The zero-order chi connectivity index (χ0) is 20.6. The van der Waals surface area contributed by atoms with Gasteiger partial charge >= 0.3 is 0 Å². The van der Waals surface area contributed by atoms with Crippen LogP contribution in [0.3, 0.4) is 0 Å². The van der Waals surface area contributed by atoms with Gasteiger partial charge in [-0.2, -0.15) is 0 Å². The number of benzene rings is 1. The van der Waals surface area contributed by atoms with Gasteiger partial charge in [0.2, 0.25) is 11.8 Å². The molecule has 1 saturated carbocycles. The second kappa shape index (κ2) is 10.6. The zero-order valence-electron chi connectivity index (χ0n) is 17.9.